The molecule has 2 aliphatic heterocycles. The molecule has 2 heterocycles. The number of piperidine rings is 1. The van der Waals surface area contributed by atoms with Gasteiger partial charge in [-0.15, -0.1) is 0 Å². The van der Waals surface area contributed by atoms with Gasteiger partial charge in [-0.2, -0.15) is 4.31 Å². The fourth-order valence-corrected chi connectivity index (χ4v) is 5.65. The summed E-state index contributed by atoms with van der Waals surface area (Å²) in [5.74, 6) is 0.484. The number of anilines is 1. The van der Waals surface area contributed by atoms with E-state index < -0.39 is 10.0 Å². The maximum absolute atomic E-state index is 12.8. The molecule has 4 rings (SSSR count). The summed E-state index contributed by atoms with van der Waals surface area (Å²) in [6.45, 7) is 5.25. The lowest BCUT2D eigenvalue weighted by atomic mass is 10.00. The van der Waals surface area contributed by atoms with Crippen molar-refractivity contribution in [3.63, 3.8) is 0 Å². The number of fused-ring (bicyclic) bond motifs is 1. The number of nitrogens with zero attached hydrogens (tertiary/aromatic N) is 2. The minimum absolute atomic E-state index is 0.0880. The van der Waals surface area contributed by atoms with Gasteiger partial charge < -0.3 is 5.32 Å². The maximum atomic E-state index is 12.8. The number of benzene rings is 2. The van der Waals surface area contributed by atoms with Gasteiger partial charge in [-0.3, -0.25) is 9.69 Å². The van der Waals surface area contributed by atoms with Gasteiger partial charge in [0.25, 0.3) is 0 Å². The van der Waals surface area contributed by atoms with Gasteiger partial charge in [-0.05, 0) is 60.6 Å². The first-order valence-electron chi connectivity index (χ1n) is 10.6. The normalized spacial score (nSPS) is 18.7. The van der Waals surface area contributed by atoms with Crippen molar-refractivity contribution in [2.45, 2.75) is 37.6 Å². The first kappa shape index (κ1) is 21.0. The zero-order chi connectivity index (χ0) is 21.1. The van der Waals surface area contributed by atoms with Gasteiger partial charge in [-0.25, -0.2) is 8.42 Å². The van der Waals surface area contributed by atoms with Crippen molar-refractivity contribution in [2.75, 3.05) is 31.5 Å². The summed E-state index contributed by atoms with van der Waals surface area (Å²) in [4.78, 5) is 14.9. The largest absolute Gasteiger partial charge is 0.325 e. The third-order valence-electron chi connectivity index (χ3n) is 6.10. The average molecular weight is 428 g/mol. The summed E-state index contributed by atoms with van der Waals surface area (Å²) in [7, 11) is -3.47. The Labute approximate surface area is 178 Å². The van der Waals surface area contributed by atoms with Crippen LogP contribution in [0.2, 0.25) is 0 Å². The van der Waals surface area contributed by atoms with Crippen molar-refractivity contribution in [2.24, 2.45) is 5.92 Å². The van der Waals surface area contributed by atoms with E-state index in [2.05, 4.69) is 35.3 Å². The van der Waals surface area contributed by atoms with Gasteiger partial charge in [0.1, 0.15) is 0 Å². The number of carbonyl (C=O) groups excluding carboxylic acids is 1. The molecule has 0 aliphatic carbocycles. The first-order chi connectivity index (χ1) is 14.4. The lowest BCUT2D eigenvalue weighted by molar-refractivity contribution is -0.117. The lowest BCUT2D eigenvalue weighted by Crippen LogP contribution is -2.38. The van der Waals surface area contributed by atoms with E-state index in [4.69, 9.17) is 0 Å². The fourth-order valence-electron chi connectivity index (χ4n) is 4.18. The summed E-state index contributed by atoms with van der Waals surface area (Å²) in [5, 5.41) is 2.89. The third-order valence-corrected chi connectivity index (χ3v) is 8.01. The van der Waals surface area contributed by atoms with Crippen LogP contribution < -0.4 is 5.32 Å². The van der Waals surface area contributed by atoms with E-state index in [-0.39, 0.29) is 10.8 Å². The molecule has 2 aromatic rings. The average Bonchev–Trinajstić information content (AvgIpc) is 2.74. The molecule has 0 radical (unpaired) electrons. The lowest BCUT2D eigenvalue weighted by Gasteiger charge is -2.29. The number of amides is 1. The van der Waals surface area contributed by atoms with Crippen LogP contribution in [-0.4, -0.2) is 49.7 Å². The van der Waals surface area contributed by atoms with E-state index in [0.29, 0.717) is 31.2 Å². The maximum Gasteiger partial charge on any atom is 0.243 e. The molecule has 6 nitrogen and oxygen atoms in total. The molecule has 0 spiro atoms. The molecule has 30 heavy (non-hydrogen) atoms. The Bertz CT molecular complexity index is 997. The number of rotatable bonds is 5. The van der Waals surface area contributed by atoms with Gasteiger partial charge in [0, 0.05) is 31.9 Å². The summed E-state index contributed by atoms with van der Waals surface area (Å²) in [5.41, 5.74) is 3.25. The molecule has 1 amide bonds. The minimum atomic E-state index is -3.47. The van der Waals surface area contributed by atoms with E-state index in [9.17, 15) is 13.2 Å². The molecule has 2 aliphatic rings. The van der Waals surface area contributed by atoms with Crippen molar-refractivity contribution in [3.05, 3.63) is 59.7 Å². The van der Waals surface area contributed by atoms with Crippen molar-refractivity contribution < 1.29 is 13.2 Å². The number of sulfonamides is 1. The summed E-state index contributed by atoms with van der Waals surface area (Å²) < 4.78 is 27.2. The van der Waals surface area contributed by atoms with E-state index >= 15 is 0 Å². The molecule has 0 saturated carbocycles. The predicted octanol–water partition coefficient (Wildman–Crippen LogP) is 3.10. The third kappa shape index (κ3) is 4.74. The molecular weight excluding hydrogens is 398 g/mol. The Morgan fingerprint density at radius 1 is 1.00 bits per heavy atom. The van der Waals surface area contributed by atoms with Gasteiger partial charge in [-0.1, -0.05) is 31.2 Å². The van der Waals surface area contributed by atoms with E-state index in [0.717, 1.165) is 32.4 Å². The predicted molar refractivity (Wildman–Crippen MR) is 118 cm³/mol. The van der Waals surface area contributed by atoms with Crippen LogP contribution >= 0.6 is 0 Å². The van der Waals surface area contributed by atoms with Crippen LogP contribution in [0.4, 0.5) is 5.69 Å². The molecule has 1 fully saturated rings. The topological polar surface area (TPSA) is 69.7 Å². The van der Waals surface area contributed by atoms with Crippen molar-refractivity contribution in [1.82, 2.24) is 9.21 Å². The quantitative estimate of drug-likeness (QED) is 0.796. The number of carbonyl (C=O) groups is 1. The Kier molecular flexibility index (Phi) is 6.22. The molecule has 0 aromatic heterocycles. The van der Waals surface area contributed by atoms with Crippen LogP contribution in [0.1, 0.15) is 30.9 Å². The van der Waals surface area contributed by atoms with Crippen LogP contribution in [0.5, 0.6) is 0 Å². The minimum Gasteiger partial charge on any atom is -0.325 e. The summed E-state index contributed by atoms with van der Waals surface area (Å²) >= 11 is 0. The second kappa shape index (κ2) is 8.88. The summed E-state index contributed by atoms with van der Waals surface area (Å²) in [6.07, 6.45) is 2.74. The van der Waals surface area contributed by atoms with E-state index in [1.54, 1.807) is 28.6 Å². The van der Waals surface area contributed by atoms with Crippen LogP contribution in [0.3, 0.4) is 0 Å². The smallest absolute Gasteiger partial charge is 0.243 e. The second-order valence-corrected chi connectivity index (χ2v) is 10.3. The van der Waals surface area contributed by atoms with Crippen LogP contribution in [0.25, 0.3) is 0 Å². The molecule has 0 atom stereocenters. The highest BCUT2D eigenvalue weighted by molar-refractivity contribution is 7.89. The van der Waals surface area contributed by atoms with Crippen molar-refractivity contribution in [3.8, 4) is 0 Å². The van der Waals surface area contributed by atoms with Gasteiger partial charge in [0.15, 0.2) is 0 Å². The highest BCUT2D eigenvalue weighted by Crippen LogP contribution is 2.24. The highest BCUT2D eigenvalue weighted by atomic mass is 32.2. The molecule has 160 valence electrons. The first-order valence-corrected chi connectivity index (χ1v) is 12.0. The highest BCUT2D eigenvalue weighted by Gasteiger charge is 2.28. The Morgan fingerprint density at radius 2 is 1.67 bits per heavy atom. The molecule has 1 N–H and O–H groups in total. The van der Waals surface area contributed by atoms with Crippen molar-refractivity contribution in [1.29, 1.82) is 0 Å². The molecule has 0 bridgehead atoms. The fraction of sp³-hybridized carbons (Fsp3) is 0.435. The SMILES string of the molecule is CC1CCN(S(=O)(=O)c2ccc(NC(=O)CN3CCc4ccccc4C3)cc2)CC1. The second-order valence-electron chi connectivity index (χ2n) is 8.39. The number of nitrogens with one attached hydrogen (secondary N) is 1. The van der Waals surface area contributed by atoms with Crippen molar-refractivity contribution >= 4 is 21.6 Å². The molecule has 0 unspecified atom stereocenters. The van der Waals surface area contributed by atoms with Crippen LogP contribution in [0.15, 0.2) is 53.4 Å². The summed E-state index contributed by atoms with van der Waals surface area (Å²) in [6, 6.07) is 14.8. The Morgan fingerprint density at radius 3 is 2.37 bits per heavy atom. The van der Waals surface area contributed by atoms with Gasteiger partial charge >= 0.3 is 0 Å². The number of hydrogen-bond acceptors (Lipinski definition) is 4. The van der Waals surface area contributed by atoms with E-state index in [1.165, 1.54) is 11.1 Å². The van der Waals surface area contributed by atoms with Gasteiger partial charge in [0.05, 0.1) is 11.4 Å². The standard InChI is InChI=1S/C23H29N3O3S/c1-18-10-14-26(15-11-18)30(28,29)22-8-6-21(7-9-22)24-23(27)17-25-13-12-19-4-2-3-5-20(19)16-25/h2-9,18H,10-17H2,1H3,(H,24,27). The Hall–Kier alpha value is -2.22. The van der Waals surface area contributed by atoms with Crippen LogP contribution in [-0.2, 0) is 27.8 Å². The number of hydrogen-bond donors (Lipinski definition) is 1. The van der Waals surface area contributed by atoms with Gasteiger partial charge in [0.2, 0.25) is 15.9 Å². The van der Waals surface area contributed by atoms with Crippen LogP contribution in [0, 0.1) is 5.92 Å². The Balaban J connectivity index is 1.34. The monoisotopic (exact) mass is 427 g/mol. The molecule has 2 aromatic carbocycles. The zero-order valence-corrected chi connectivity index (χ0v) is 18.2. The molecule has 7 heteroatoms. The molecular formula is C23H29N3O3S. The zero-order valence-electron chi connectivity index (χ0n) is 17.4. The molecule has 1 saturated heterocycles. The van der Waals surface area contributed by atoms with E-state index in [1.807, 2.05) is 6.07 Å².